The van der Waals surface area contributed by atoms with Crippen molar-refractivity contribution in [2.45, 2.75) is 11.3 Å². The summed E-state index contributed by atoms with van der Waals surface area (Å²) in [6, 6.07) is 17.1. The second-order valence-corrected chi connectivity index (χ2v) is 5.97. The highest BCUT2D eigenvalue weighted by Crippen LogP contribution is 2.20. The van der Waals surface area contributed by atoms with Crippen molar-refractivity contribution in [1.29, 1.82) is 0 Å². The van der Waals surface area contributed by atoms with Crippen LogP contribution in [0, 0.1) is 0 Å². The van der Waals surface area contributed by atoms with Crippen LogP contribution in [0.4, 0.5) is 0 Å². The topological polar surface area (TPSA) is 39.4 Å². The Labute approximate surface area is 132 Å². The molecule has 4 heteroatoms. The van der Waals surface area contributed by atoms with Gasteiger partial charge in [0, 0.05) is 22.8 Å². The smallest absolute Gasteiger partial charge is 0.192 e. The lowest BCUT2D eigenvalue weighted by Gasteiger charge is -2.06. The molecule has 3 rings (SSSR count). The average molecular weight is 312 g/mol. The van der Waals surface area contributed by atoms with Gasteiger partial charge >= 0.3 is 0 Å². The van der Waals surface area contributed by atoms with Crippen molar-refractivity contribution in [3.8, 4) is 5.75 Å². The summed E-state index contributed by atoms with van der Waals surface area (Å²) in [5.74, 6) is 1.73. The molecule has 0 aliphatic heterocycles. The van der Waals surface area contributed by atoms with E-state index in [1.54, 1.807) is 12.1 Å². The Morgan fingerprint density at radius 3 is 2.77 bits per heavy atom. The Morgan fingerprint density at radius 2 is 1.91 bits per heavy atom. The van der Waals surface area contributed by atoms with Crippen molar-refractivity contribution in [2.75, 3.05) is 12.4 Å². The van der Waals surface area contributed by atoms with Gasteiger partial charge in [-0.1, -0.05) is 18.2 Å². The molecule has 1 aromatic heterocycles. The summed E-state index contributed by atoms with van der Waals surface area (Å²) in [4.78, 5) is 12.9. The third-order valence-corrected chi connectivity index (χ3v) is 4.30. The van der Waals surface area contributed by atoms with E-state index in [0.717, 1.165) is 17.9 Å². The molecule has 112 valence electrons. The van der Waals surface area contributed by atoms with Gasteiger partial charge < -0.3 is 9.15 Å². The minimum absolute atomic E-state index is 0.0351. The molecule has 0 N–H and O–H groups in total. The molecular formula is C18H16O3S. The van der Waals surface area contributed by atoms with Gasteiger partial charge in [0.15, 0.2) is 5.43 Å². The third kappa shape index (κ3) is 3.71. The zero-order valence-electron chi connectivity index (χ0n) is 12.0. The Bertz CT molecular complexity index is 796. The van der Waals surface area contributed by atoms with Gasteiger partial charge in [0.25, 0.3) is 0 Å². The quantitative estimate of drug-likeness (QED) is 0.501. The Balaban J connectivity index is 1.50. The molecule has 1 heterocycles. The normalized spacial score (nSPS) is 10.7. The zero-order chi connectivity index (χ0) is 15.2. The van der Waals surface area contributed by atoms with E-state index in [2.05, 4.69) is 12.1 Å². The highest BCUT2D eigenvalue weighted by atomic mass is 32.2. The molecule has 2 aromatic carbocycles. The van der Waals surface area contributed by atoms with Gasteiger partial charge in [-0.25, -0.2) is 0 Å². The molecule has 0 saturated carbocycles. The molecular weight excluding hydrogens is 296 g/mol. The SMILES string of the molecule is O=c1ccoc2cc(OCCCSc3ccccc3)ccc12. The van der Waals surface area contributed by atoms with Crippen molar-refractivity contribution in [3.05, 3.63) is 71.1 Å². The lowest BCUT2D eigenvalue weighted by atomic mass is 10.2. The van der Waals surface area contributed by atoms with E-state index in [0.29, 0.717) is 17.6 Å². The van der Waals surface area contributed by atoms with Gasteiger partial charge in [-0.15, -0.1) is 11.8 Å². The highest BCUT2D eigenvalue weighted by Gasteiger charge is 2.02. The van der Waals surface area contributed by atoms with Crippen LogP contribution in [0.1, 0.15) is 6.42 Å². The van der Waals surface area contributed by atoms with Crippen LogP contribution >= 0.6 is 11.8 Å². The maximum Gasteiger partial charge on any atom is 0.192 e. The van der Waals surface area contributed by atoms with Crippen molar-refractivity contribution >= 4 is 22.7 Å². The number of hydrogen-bond acceptors (Lipinski definition) is 4. The molecule has 0 aliphatic rings. The van der Waals surface area contributed by atoms with Crippen LogP contribution in [0.2, 0.25) is 0 Å². The predicted octanol–water partition coefficient (Wildman–Crippen LogP) is 4.35. The maximum absolute atomic E-state index is 11.6. The summed E-state index contributed by atoms with van der Waals surface area (Å²) in [5.41, 5.74) is 0.524. The number of benzene rings is 2. The molecule has 0 bridgehead atoms. The molecule has 0 saturated heterocycles. The van der Waals surface area contributed by atoms with E-state index in [1.165, 1.54) is 17.2 Å². The number of hydrogen-bond donors (Lipinski definition) is 0. The number of thioether (sulfide) groups is 1. The standard InChI is InChI=1S/C18H16O3S/c19-17-9-11-21-18-13-14(7-8-16(17)18)20-10-4-12-22-15-5-2-1-3-6-15/h1-3,5-9,11,13H,4,10,12H2. The monoisotopic (exact) mass is 312 g/mol. The Morgan fingerprint density at radius 1 is 1.05 bits per heavy atom. The predicted molar refractivity (Wildman–Crippen MR) is 89.8 cm³/mol. The zero-order valence-corrected chi connectivity index (χ0v) is 12.8. The molecule has 22 heavy (non-hydrogen) atoms. The van der Waals surface area contributed by atoms with Gasteiger partial charge in [0.1, 0.15) is 11.3 Å². The van der Waals surface area contributed by atoms with Crippen molar-refractivity contribution in [1.82, 2.24) is 0 Å². The van der Waals surface area contributed by atoms with Crippen LogP contribution in [0.3, 0.4) is 0 Å². The molecule has 0 amide bonds. The molecule has 3 nitrogen and oxygen atoms in total. The Kier molecular flexibility index (Phi) is 4.81. The average Bonchev–Trinajstić information content (AvgIpc) is 2.56. The van der Waals surface area contributed by atoms with E-state index < -0.39 is 0 Å². The van der Waals surface area contributed by atoms with Gasteiger partial charge in [-0.2, -0.15) is 0 Å². The Hall–Kier alpha value is -2.20. The summed E-state index contributed by atoms with van der Waals surface area (Å²) in [6.45, 7) is 0.641. The van der Waals surface area contributed by atoms with Crippen LogP contribution in [-0.4, -0.2) is 12.4 Å². The second-order valence-electron chi connectivity index (χ2n) is 4.81. The van der Waals surface area contributed by atoms with Crippen LogP contribution < -0.4 is 10.2 Å². The van der Waals surface area contributed by atoms with Gasteiger partial charge in [-0.05, 0) is 30.7 Å². The summed E-state index contributed by atoms with van der Waals surface area (Å²) in [7, 11) is 0. The first-order chi connectivity index (χ1) is 10.8. The summed E-state index contributed by atoms with van der Waals surface area (Å²) in [6.07, 6.45) is 2.36. The number of ether oxygens (including phenoxy) is 1. The van der Waals surface area contributed by atoms with E-state index in [-0.39, 0.29) is 5.43 Å². The summed E-state index contributed by atoms with van der Waals surface area (Å²) >= 11 is 1.82. The number of fused-ring (bicyclic) bond motifs is 1. The lowest BCUT2D eigenvalue weighted by molar-refractivity contribution is 0.318. The van der Waals surface area contributed by atoms with Crippen molar-refractivity contribution in [3.63, 3.8) is 0 Å². The molecule has 0 unspecified atom stereocenters. The first kappa shape index (κ1) is 14.7. The largest absolute Gasteiger partial charge is 0.493 e. The molecule has 0 spiro atoms. The van der Waals surface area contributed by atoms with Gasteiger partial charge in [0.05, 0.1) is 18.3 Å². The first-order valence-corrected chi connectivity index (χ1v) is 8.14. The number of rotatable bonds is 6. The molecule has 0 aliphatic carbocycles. The van der Waals surface area contributed by atoms with E-state index in [1.807, 2.05) is 36.0 Å². The van der Waals surface area contributed by atoms with E-state index in [9.17, 15) is 4.79 Å². The lowest BCUT2D eigenvalue weighted by Crippen LogP contribution is -2.01. The molecule has 0 atom stereocenters. The van der Waals surface area contributed by atoms with Crippen LogP contribution in [-0.2, 0) is 0 Å². The van der Waals surface area contributed by atoms with Gasteiger partial charge in [0.2, 0.25) is 0 Å². The fourth-order valence-electron chi connectivity index (χ4n) is 2.11. The van der Waals surface area contributed by atoms with Gasteiger partial charge in [-0.3, -0.25) is 4.79 Å². The summed E-state index contributed by atoms with van der Waals surface area (Å²) in [5, 5.41) is 0.578. The molecule has 0 fully saturated rings. The van der Waals surface area contributed by atoms with Crippen LogP contribution in [0.5, 0.6) is 5.75 Å². The maximum atomic E-state index is 11.6. The highest BCUT2D eigenvalue weighted by molar-refractivity contribution is 7.99. The minimum Gasteiger partial charge on any atom is -0.493 e. The van der Waals surface area contributed by atoms with Crippen LogP contribution in [0.15, 0.2) is 75.0 Å². The molecule has 3 aromatic rings. The van der Waals surface area contributed by atoms with Crippen molar-refractivity contribution in [2.24, 2.45) is 0 Å². The summed E-state index contributed by atoms with van der Waals surface area (Å²) < 4.78 is 11.1. The minimum atomic E-state index is -0.0351. The van der Waals surface area contributed by atoms with Crippen LogP contribution in [0.25, 0.3) is 11.0 Å². The first-order valence-electron chi connectivity index (χ1n) is 7.15. The van der Waals surface area contributed by atoms with Crippen molar-refractivity contribution < 1.29 is 9.15 Å². The molecule has 0 radical (unpaired) electrons. The van der Waals surface area contributed by atoms with E-state index >= 15 is 0 Å². The van der Waals surface area contributed by atoms with E-state index in [4.69, 9.17) is 9.15 Å². The third-order valence-electron chi connectivity index (χ3n) is 3.20. The fraction of sp³-hybridized carbons (Fsp3) is 0.167. The second kappa shape index (κ2) is 7.18. The fourth-order valence-corrected chi connectivity index (χ4v) is 2.96.